The van der Waals surface area contributed by atoms with Crippen molar-refractivity contribution in [2.45, 2.75) is 0 Å². The van der Waals surface area contributed by atoms with Crippen molar-refractivity contribution >= 4 is 65.6 Å². The average molecular weight is 444 g/mol. The number of aliphatic carboxylic acids is 3. The molecule has 15 nitrogen and oxygen atoms in total. The van der Waals surface area contributed by atoms with Gasteiger partial charge < -0.3 is 29.7 Å². The number of hydrogen-bond donors (Lipinski definition) is 3. The van der Waals surface area contributed by atoms with Crippen molar-refractivity contribution in [3.8, 4) is 0 Å². The number of carboxylic acid groups (broad SMARTS) is 3. The molecule has 25 heavy (non-hydrogen) atoms. The van der Waals surface area contributed by atoms with E-state index in [1.54, 1.807) is 0 Å². The van der Waals surface area contributed by atoms with Crippen molar-refractivity contribution in [1.82, 2.24) is 0 Å². The van der Waals surface area contributed by atoms with Gasteiger partial charge in [0.2, 0.25) is 0 Å². The first-order valence-corrected chi connectivity index (χ1v) is 9.53. The van der Waals surface area contributed by atoms with Crippen LogP contribution in [-0.2, 0) is 44.7 Å². The summed E-state index contributed by atoms with van der Waals surface area (Å²) in [5.41, 5.74) is 0. The van der Waals surface area contributed by atoms with Gasteiger partial charge in [0.15, 0.2) is 0 Å². The second-order valence-electron chi connectivity index (χ2n) is 3.29. The SMILES string of the molecule is O=C([O-])CS(=O)(=O)O.O=C([O-])CS(=O)(=O)O.O=C([O-])CS(=O)(=O)O.[Al+3]. The number of carbonyl (C=O) groups excluding carboxylic acids is 3. The molecular weight excluding hydrogens is 435 g/mol. The van der Waals surface area contributed by atoms with Gasteiger partial charge in [-0.2, -0.15) is 25.3 Å². The molecule has 0 aromatic rings. The van der Waals surface area contributed by atoms with Crippen molar-refractivity contribution in [3.63, 3.8) is 0 Å². The second-order valence-corrected chi connectivity index (χ2v) is 7.65. The third-order valence-electron chi connectivity index (χ3n) is 0.901. The minimum atomic E-state index is -4.39. The van der Waals surface area contributed by atoms with Crippen LogP contribution in [0.5, 0.6) is 0 Å². The zero-order valence-corrected chi connectivity index (χ0v) is 15.3. The van der Waals surface area contributed by atoms with Crippen molar-refractivity contribution in [1.29, 1.82) is 0 Å². The van der Waals surface area contributed by atoms with Crippen LogP contribution >= 0.6 is 0 Å². The summed E-state index contributed by atoms with van der Waals surface area (Å²) in [6, 6.07) is 0. The Hall–Kier alpha value is -1.33. The fourth-order valence-corrected chi connectivity index (χ4v) is 1.34. The van der Waals surface area contributed by atoms with Gasteiger partial charge in [-0.3, -0.25) is 13.7 Å². The van der Waals surface area contributed by atoms with Crippen molar-refractivity contribution in [2.75, 3.05) is 17.3 Å². The molecule has 0 saturated heterocycles. The Morgan fingerprint density at radius 2 is 0.680 bits per heavy atom. The van der Waals surface area contributed by atoms with Gasteiger partial charge in [-0.15, -0.1) is 0 Å². The maximum absolute atomic E-state index is 9.58. The zero-order valence-electron chi connectivity index (χ0n) is 11.7. The van der Waals surface area contributed by atoms with Crippen LogP contribution in [0.3, 0.4) is 0 Å². The molecule has 0 radical (unpaired) electrons. The minimum absolute atomic E-state index is 0. The van der Waals surface area contributed by atoms with Gasteiger partial charge in [0.25, 0.3) is 30.4 Å². The molecule has 0 aromatic heterocycles. The van der Waals surface area contributed by atoms with E-state index < -0.39 is 65.5 Å². The van der Waals surface area contributed by atoms with Gasteiger partial charge in [0.1, 0.15) is 17.3 Å². The third-order valence-corrected chi connectivity index (χ3v) is 2.70. The fraction of sp³-hybridized carbons (Fsp3) is 0.500. The number of carboxylic acids is 3. The van der Waals surface area contributed by atoms with Gasteiger partial charge in [0.05, 0.1) is 17.9 Å². The summed E-state index contributed by atoms with van der Waals surface area (Å²) < 4.78 is 80.7. The third kappa shape index (κ3) is 51.8. The van der Waals surface area contributed by atoms with Crippen LogP contribution in [-0.4, -0.2) is 91.4 Å². The second kappa shape index (κ2) is 13.0. The first kappa shape index (κ1) is 31.4. The fourth-order valence-electron chi connectivity index (χ4n) is 0.447. The molecule has 0 unspecified atom stereocenters. The Kier molecular flexibility index (Phi) is 16.3. The number of hydrogen-bond acceptors (Lipinski definition) is 12. The maximum atomic E-state index is 9.58. The summed E-state index contributed by atoms with van der Waals surface area (Å²) in [6.45, 7) is 0. The molecule has 0 aliphatic carbocycles. The molecule has 0 aliphatic rings. The summed E-state index contributed by atoms with van der Waals surface area (Å²) >= 11 is 0. The van der Waals surface area contributed by atoms with Crippen LogP contribution in [0, 0.1) is 0 Å². The van der Waals surface area contributed by atoms with E-state index in [0.717, 1.165) is 0 Å². The normalized spacial score (nSPS) is 10.7. The maximum Gasteiger partial charge on any atom is 3.00 e. The Bertz CT molecular complexity index is 640. The van der Waals surface area contributed by atoms with E-state index in [9.17, 15) is 55.0 Å². The molecular formula is C6H9AlO15S3. The van der Waals surface area contributed by atoms with E-state index >= 15 is 0 Å². The smallest absolute Gasteiger partial charge is 0.549 e. The summed E-state index contributed by atoms with van der Waals surface area (Å²) in [6.07, 6.45) is 0. The Balaban J connectivity index is -0.000000130. The quantitative estimate of drug-likeness (QED) is 0.253. The molecule has 0 saturated carbocycles. The van der Waals surface area contributed by atoms with E-state index in [4.69, 9.17) is 13.7 Å². The standard InChI is InChI=1S/3C2H4O5S.Al/c3*3-2(4)1-8(5,6)7;/h3*1H2,(H,3,4)(H,5,6,7);/q;;;+3/p-3. The predicted molar refractivity (Wildman–Crippen MR) is 70.0 cm³/mol. The molecule has 0 spiro atoms. The summed E-state index contributed by atoms with van der Waals surface area (Å²) in [5.74, 6) is -9.46. The van der Waals surface area contributed by atoms with Gasteiger partial charge in [-0.25, -0.2) is 0 Å². The molecule has 0 atom stereocenters. The van der Waals surface area contributed by atoms with Crippen LogP contribution in [0.25, 0.3) is 0 Å². The number of carbonyl (C=O) groups is 3. The van der Waals surface area contributed by atoms with Gasteiger partial charge >= 0.3 is 17.4 Å². The van der Waals surface area contributed by atoms with Gasteiger partial charge in [0, 0.05) is 0 Å². The van der Waals surface area contributed by atoms with Crippen LogP contribution < -0.4 is 15.3 Å². The van der Waals surface area contributed by atoms with E-state index in [-0.39, 0.29) is 17.4 Å². The van der Waals surface area contributed by atoms with Crippen LogP contribution in [0.15, 0.2) is 0 Å². The largest absolute Gasteiger partial charge is 3.00 e. The molecule has 0 rings (SSSR count). The molecule has 0 aromatic carbocycles. The molecule has 0 amide bonds. The zero-order chi connectivity index (χ0) is 20.4. The monoisotopic (exact) mass is 444 g/mol. The number of rotatable bonds is 6. The van der Waals surface area contributed by atoms with E-state index in [1.807, 2.05) is 0 Å². The Morgan fingerprint density at radius 1 is 0.560 bits per heavy atom. The van der Waals surface area contributed by atoms with Gasteiger partial charge in [-0.05, 0) is 0 Å². The molecule has 3 N–H and O–H groups in total. The van der Waals surface area contributed by atoms with Crippen molar-refractivity contribution in [2.24, 2.45) is 0 Å². The summed E-state index contributed by atoms with van der Waals surface area (Å²) in [5, 5.41) is 28.1. The minimum Gasteiger partial charge on any atom is -0.549 e. The predicted octanol–water partition coefficient (Wildman–Crippen LogP) is -7.51. The van der Waals surface area contributed by atoms with Crippen LogP contribution in [0.2, 0.25) is 0 Å². The Labute approximate surface area is 151 Å². The van der Waals surface area contributed by atoms with Crippen LogP contribution in [0.1, 0.15) is 0 Å². The van der Waals surface area contributed by atoms with Crippen LogP contribution in [0.4, 0.5) is 0 Å². The average Bonchev–Trinajstić information content (AvgIpc) is 2.04. The topological polar surface area (TPSA) is 284 Å². The molecule has 0 aliphatic heterocycles. The van der Waals surface area contributed by atoms with Gasteiger partial charge in [-0.1, -0.05) is 0 Å². The van der Waals surface area contributed by atoms with E-state index in [1.165, 1.54) is 0 Å². The molecule has 0 bridgehead atoms. The molecule has 19 heteroatoms. The van der Waals surface area contributed by atoms with Crippen molar-refractivity contribution < 1.29 is 68.6 Å². The Morgan fingerprint density at radius 3 is 0.680 bits per heavy atom. The summed E-state index contributed by atoms with van der Waals surface area (Å²) in [7, 11) is -13.2. The molecule has 144 valence electrons. The van der Waals surface area contributed by atoms with E-state index in [2.05, 4.69) is 0 Å². The van der Waals surface area contributed by atoms with E-state index in [0.29, 0.717) is 0 Å². The van der Waals surface area contributed by atoms with Crippen molar-refractivity contribution in [3.05, 3.63) is 0 Å². The first-order chi connectivity index (χ1) is 10.2. The first-order valence-electron chi connectivity index (χ1n) is 4.70. The molecule has 0 fully saturated rings. The molecule has 0 heterocycles. The summed E-state index contributed by atoms with van der Waals surface area (Å²) in [4.78, 5) is 28.1.